The molecule has 0 fully saturated rings. The average Bonchev–Trinajstić information content (AvgIpc) is 2.30. The molecule has 0 aliphatic heterocycles. The van der Waals surface area contributed by atoms with Crippen LogP contribution in [0.15, 0.2) is 18.2 Å². The van der Waals surface area contributed by atoms with Gasteiger partial charge in [-0.3, -0.25) is 4.79 Å². The Kier molecular flexibility index (Phi) is 4.78. The Labute approximate surface area is 101 Å². The zero-order valence-electron chi connectivity index (χ0n) is 10.3. The quantitative estimate of drug-likeness (QED) is 0.782. The van der Waals surface area contributed by atoms with E-state index >= 15 is 0 Å². The molecule has 0 spiro atoms. The molecule has 0 aromatic heterocycles. The van der Waals surface area contributed by atoms with Gasteiger partial charge in [0, 0.05) is 21.2 Å². The van der Waals surface area contributed by atoms with E-state index < -0.39 is 0 Å². The molecule has 0 aliphatic carbocycles. The second-order valence-corrected chi connectivity index (χ2v) is 3.72. The topological polar surface area (TPSA) is 59.0 Å². The van der Waals surface area contributed by atoms with Crippen LogP contribution in [-0.4, -0.2) is 50.3 Å². The number of amides is 1. The van der Waals surface area contributed by atoms with Crippen molar-refractivity contribution in [3.05, 3.63) is 23.8 Å². The van der Waals surface area contributed by atoms with Crippen molar-refractivity contribution in [3.63, 3.8) is 0 Å². The lowest BCUT2D eigenvalue weighted by Crippen LogP contribution is -2.22. The zero-order chi connectivity index (χ0) is 12.8. The molecule has 5 nitrogen and oxygen atoms in total. The van der Waals surface area contributed by atoms with Crippen molar-refractivity contribution in [2.75, 3.05) is 34.4 Å². The number of aromatic hydroxyl groups is 1. The molecule has 1 amide bonds. The Bertz CT molecular complexity index is 390. The number of hydrogen-bond acceptors (Lipinski definition) is 4. The van der Waals surface area contributed by atoms with Crippen LogP contribution >= 0.6 is 0 Å². The van der Waals surface area contributed by atoms with Gasteiger partial charge in [0.2, 0.25) is 0 Å². The fourth-order valence-corrected chi connectivity index (χ4v) is 1.29. The van der Waals surface area contributed by atoms with Gasteiger partial charge >= 0.3 is 0 Å². The molecular weight excluding hydrogens is 222 g/mol. The van der Waals surface area contributed by atoms with Gasteiger partial charge in [0.1, 0.15) is 18.1 Å². The van der Waals surface area contributed by atoms with E-state index in [2.05, 4.69) is 0 Å². The molecule has 1 N–H and O–H groups in total. The molecular formula is C12H17NO4. The van der Waals surface area contributed by atoms with Crippen LogP contribution in [0.1, 0.15) is 10.4 Å². The van der Waals surface area contributed by atoms with E-state index in [1.54, 1.807) is 27.3 Å². The van der Waals surface area contributed by atoms with Crippen molar-refractivity contribution in [1.82, 2.24) is 4.90 Å². The van der Waals surface area contributed by atoms with Gasteiger partial charge in [-0.2, -0.15) is 0 Å². The molecule has 1 aromatic rings. The summed E-state index contributed by atoms with van der Waals surface area (Å²) in [5.41, 5.74) is 0.339. The van der Waals surface area contributed by atoms with Crippen LogP contribution < -0.4 is 4.74 Å². The van der Waals surface area contributed by atoms with Gasteiger partial charge in [-0.1, -0.05) is 0 Å². The lowest BCUT2D eigenvalue weighted by molar-refractivity contribution is 0.0819. The molecule has 0 atom stereocenters. The Morgan fingerprint density at radius 2 is 2.06 bits per heavy atom. The predicted molar refractivity (Wildman–Crippen MR) is 63.5 cm³/mol. The van der Waals surface area contributed by atoms with Gasteiger partial charge in [0.25, 0.3) is 5.91 Å². The highest BCUT2D eigenvalue weighted by molar-refractivity contribution is 5.97. The van der Waals surface area contributed by atoms with Crippen molar-refractivity contribution >= 4 is 5.91 Å². The Hall–Kier alpha value is -1.75. The summed E-state index contributed by atoms with van der Waals surface area (Å²) < 4.78 is 10.3. The number of ether oxygens (including phenoxy) is 2. The highest BCUT2D eigenvalue weighted by atomic mass is 16.5. The first-order valence-electron chi connectivity index (χ1n) is 5.22. The first-order valence-corrected chi connectivity index (χ1v) is 5.22. The third kappa shape index (κ3) is 3.64. The molecule has 0 radical (unpaired) electrons. The summed E-state index contributed by atoms with van der Waals surface area (Å²) in [5, 5.41) is 9.39. The van der Waals surface area contributed by atoms with Crippen LogP contribution in [0.25, 0.3) is 0 Å². The van der Waals surface area contributed by atoms with Crippen LogP contribution in [0.3, 0.4) is 0 Å². The fraction of sp³-hybridized carbons (Fsp3) is 0.417. The van der Waals surface area contributed by atoms with E-state index in [9.17, 15) is 9.90 Å². The van der Waals surface area contributed by atoms with Crippen LogP contribution in [0.2, 0.25) is 0 Å². The zero-order valence-corrected chi connectivity index (χ0v) is 10.3. The molecule has 0 saturated carbocycles. The smallest absolute Gasteiger partial charge is 0.257 e. The van der Waals surface area contributed by atoms with Gasteiger partial charge in [-0.15, -0.1) is 0 Å². The first kappa shape index (κ1) is 13.3. The van der Waals surface area contributed by atoms with Crippen molar-refractivity contribution < 1.29 is 19.4 Å². The summed E-state index contributed by atoms with van der Waals surface area (Å²) in [4.78, 5) is 13.3. The molecule has 0 heterocycles. The fourth-order valence-electron chi connectivity index (χ4n) is 1.29. The van der Waals surface area contributed by atoms with Gasteiger partial charge in [-0.25, -0.2) is 0 Å². The minimum absolute atomic E-state index is 0.0364. The van der Waals surface area contributed by atoms with E-state index in [1.807, 2.05) is 0 Å². The maximum Gasteiger partial charge on any atom is 0.257 e. The summed E-state index contributed by atoms with van der Waals surface area (Å²) in [6.45, 7) is 0.797. The molecule has 5 heteroatoms. The maximum absolute atomic E-state index is 11.9. The van der Waals surface area contributed by atoms with E-state index in [1.165, 1.54) is 17.0 Å². The average molecular weight is 239 g/mol. The number of nitrogens with zero attached hydrogens (tertiary/aromatic N) is 1. The van der Waals surface area contributed by atoms with Crippen LogP contribution in [-0.2, 0) is 4.74 Å². The Balaban J connectivity index is 2.91. The lowest BCUT2D eigenvalue weighted by Gasteiger charge is -2.15. The van der Waals surface area contributed by atoms with E-state index in [-0.39, 0.29) is 11.7 Å². The largest absolute Gasteiger partial charge is 0.508 e. The number of hydrogen-bond donors (Lipinski definition) is 1. The number of carbonyl (C=O) groups excluding carboxylic acids is 1. The lowest BCUT2D eigenvalue weighted by atomic mass is 10.1. The molecule has 0 saturated heterocycles. The van der Waals surface area contributed by atoms with Gasteiger partial charge in [0.05, 0.1) is 12.2 Å². The predicted octanol–water partition coefficient (Wildman–Crippen LogP) is 1.12. The number of carbonyl (C=O) groups is 1. The van der Waals surface area contributed by atoms with E-state index in [0.29, 0.717) is 24.5 Å². The molecule has 94 valence electrons. The third-order valence-electron chi connectivity index (χ3n) is 2.14. The first-order chi connectivity index (χ1) is 8.06. The normalized spacial score (nSPS) is 10.1. The van der Waals surface area contributed by atoms with Gasteiger partial charge < -0.3 is 19.5 Å². The summed E-state index contributed by atoms with van der Waals surface area (Å²) in [7, 11) is 4.86. The van der Waals surface area contributed by atoms with E-state index in [4.69, 9.17) is 9.47 Å². The summed E-state index contributed by atoms with van der Waals surface area (Å²) in [5.74, 6) is 0.265. The summed E-state index contributed by atoms with van der Waals surface area (Å²) >= 11 is 0. The highest BCUT2D eigenvalue weighted by Crippen LogP contribution is 2.24. The second kappa shape index (κ2) is 6.10. The number of phenolic OH excluding ortho intramolecular Hbond substituents is 1. The van der Waals surface area contributed by atoms with Crippen molar-refractivity contribution in [2.45, 2.75) is 0 Å². The van der Waals surface area contributed by atoms with Crippen LogP contribution in [0.5, 0.6) is 11.5 Å². The van der Waals surface area contributed by atoms with E-state index in [0.717, 1.165) is 0 Å². The Morgan fingerprint density at radius 3 is 2.65 bits per heavy atom. The van der Waals surface area contributed by atoms with Crippen molar-refractivity contribution in [1.29, 1.82) is 0 Å². The molecule has 0 bridgehead atoms. The summed E-state index contributed by atoms with van der Waals surface area (Å²) in [6, 6.07) is 4.45. The number of rotatable bonds is 5. The molecule has 17 heavy (non-hydrogen) atoms. The van der Waals surface area contributed by atoms with Gasteiger partial charge in [0.15, 0.2) is 0 Å². The maximum atomic E-state index is 11.9. The molecule has 1 rings (SSSR count). The minimum Gasteiger partial charge on any atom is -0.508 e. The molecule has 0 unspecified atom stereocenters. The summed E-state index contributed by atoms with van der Waals surface area (Å²) in [6.07, 6.45) is 0. The Morgan fingerprint density at radius 1 is 1.35 bits per heavy atom. The highest BCUT2D eigenvalue weighted by Gasteiger charge is 2.15. The number of benzene rings is 1. The van der Waals surface area contributed by atoms with Gasteiger partial charge in [-0.05, 0) is 18.2 Å². The standard InChI is InChI=1S/C12H17NO4/c1-13(2)12(15)10-8-9(14)4-5-11(10)17-7-6-16-3/h4-5,8,14H,6-7H2,1-3H3. The minimum atomic E-state index is -0.215. The third-order valence-corrected chi connectivity index (χ3v) is 2.14. The molecule has 1 aromatic carbocycles. The monoisotopic (exact) mass is 239 g/mol. The van der Waals surface area contributed by atoms with Crippen LogP contribution in [0.4, 0.5) is 0 Å². The second-order valence-electron chi connectivity index (χ2n) is 3.72. The van der Waals surface area contributed by atoms with Crippen molar-refractivity contribution in [3.8, 4) is 11.5 Å². The SMILES string of the molecule is COCCOc1ccc(O)cc1C(=O)N(C)C. The number of methoxy groups -OCH3 is 1. The van der Waals surface area contributed by atoms with Crippen molar-refractivity contribution in [2.24, 2.45) is 0 Å². The van der Waals surface area contributed by atoms with Crippen LogP contribution in [0, 0.1) is 0 Å². The molecule has 0 aliphatic rings. The number of phenols is 1.